The number of nitrogens with zero attached hydrogens (tertiary/aromatic N) is 2. The third-order valence-electron chi connectivity index (χ3n) is 2.09. The zero-order chi connectivity index (χ0) is 10.0. The molecule has 0 radical (unpaired) electrons. The van der Waals surface area contributed by atoms with Gasteiger partial charge in [0.2, 0.25) is 0 Å². The molecule has 0 aromatic carbocycles. The van der Waals surface area contributed by atoms with Gasteiger partial charge < -0.3 is 0 Å². The van der Waals surface area contributed by atoms with Crippen LogP contribution in [0.1, 0.15) is 23.9 Å². The highest BCUT2D eigenvalue weighted by Crippen LogP contribution is 2.15. The van der Waals surface area contributed by atoms with Gasteiger partial charge in [-0.1, -0.05) is 30.9 Å². The van der Waals surface area contributed by atoms with Crippen molar-refractivity contribution in [1.29, 1.82) is 0 Å². The summed E-state index contributed by atoms with van der Waals surface area (Å²) < 4.78 is 2.70. The number of aryl methyl sites for hydroxylation is 1. The molecule has 0 aliphatic carbocycles. The van der Waals surface area contributed by atoms with Crippen molar-refractivity contribution in [3.05, 3.63) is 17.0 Å². The SMILES string of the molecule is CCSC(=S)n1nc(C)c(C)c1C. The van der Waals surface area contributed by atoms with Crippen molar-refractivity contribution >= 4 is 28.3 Å². The van der Waals surface area contributed by atoms with Crippen molar-refractivity contribution in [2.24, 2.45) is 0 Å². The molecule has 0 saturated carbocycles. The van der Waals surface area contributed by atoms with Gasteiger partial charge in [-0.2, -0.15) is 5.10 Å². The van der Waals surface area contributed by atoms with Gasteiger partial charge in [-0.05, 0) is 32.1 Å². The van der Waals surface area contributed by atoms with Crippen LogP contribution in [-0.2, 0) is 0 Å². The van der Waals surface area contributed by atoms with E-state index in [1.165, 1.54) is 5.56 Å². The van der Waals surface area contributed by atoms with Gasteiger partial charge in [0.1, 0.15) is 0 Å². The van der Waals surface area contributed by atoms with E-state index in [0.717, 1.165) is 21.5 Å². The van der Waals surface area contributed by atoms with Gasteiger partial charge in [0, 0.05) is 5.69 Å². The average molecular weight is 214 g/mol. The summed E-state index contributed by atoms with van der Waals surface area (Å²) in [6, 6.07) is 0. The second kappa shape index (κ2) is 4.24. The first kappa shape index (κ1) is 10.7. The predicted octanol–water partition coefficient (Wildman–Crippen LogP) is 2.69. The maximum Gasteiger partial charge on any atom is 0.161 e. The fourth-order valence-electron chi connectivity index (χ4n) is 1.08. The first-order valence-corrected chi connectivity index (χ1v) is 5.67. The highest BCUT2D eigenvalue weighted by Gasteiger charge is 2.10. The minimum atomic E-state index is 0.844. The fraction of sp³-hybridized carbons (Fsp3) is 0.556. The lowest BCUT2D eigenvalue weighted by atomic mass is 10.2. The molecular formula is C9H14N2S2. The van der Waals surface area contributed by atoms with Crippen molar-refractivity contribution in [2.45, 2.75) is 27.7 Å². The van der Waals surface area contributed by atoms with E-state index < -0.39 is 0 Å². The maximum absolute atomic E-state index is 5.24. The maximum atomic E-state index is 5.24. The molecule has 0 N–H and O–H groups in total. The third kappa shape index (κ3) is 2.11. The monoisotopic (exact) mass is 214 g/mol. The number of hydrogen-bond donors (Lipinski definition) is 0. The molecule has 0 fully saturated rings. The minimum Gasteiger partial charge on any atom is -0.220 e. The lowest BCUT2D eigenvalue weighted by Gasteiger charge is -2.03. The first-order valence-electron chi connectivity index (χ1n) is 4.27. The predicted molar refractivity (Wildman–Crippen MR) is 62.6 cm³/mol. The Bertz CT molecular complexity index is 329. The first-order chi connectivity index (χ1) is 6.07. The summed E-state index contributed by atoms with van der Waals surface area (Å²) in [4.78, 5) is 0. The van der Waals surface area contributed by atoms with Gasteiger partial charge >= 0.3 is 0 Å². The molecule has 72 valence electrons. The van der Waals surface area contributed by atoms with E-state index in [4.69, 9.17) is 12.2 Å². The molecule has 0 bridgehead atoms. The summed E-state index contributed by atoms with van der Waals surface area (Å²) in [6.07, 6.45) is 0. The van der Waals surface area contributed by atoms with Gasteiger partial charge in [-0.25, -0.2) is 4.68 Å². The van der Waals surface area contributed by atoms with E-state index in [1.54, 1.807) is 11.8 Å². The summed E-state index contributed by atoms with van der Waals surface area (Å²) in [5, 5.41) is 4.38. The van der Waals surface area contributed by atoms with E-state index in [1.807, 2.05) is 11.6 Å². The Kier molecular flexibility index (Phi) is 3.50. The smallest absolute Gasteiger partial charge is 0.161 e. The number of hydrogen-bond acceptors (Lipinski definition) is 3. The second-order valence-electron chi connectivity index (χ2n) is 2.91. The third-order valence-corrected chi connectivity index (χ3v) is 3.33. The molecule has 0 saturated heterocycles. The number of aromatic nitrogens is 2. The molecule has 1 rings (SSSR count). The van der Waals surface area contributed by atoms with Crippen molar-refractivity contribution in [2.75, 3.05) is 5.75 Å². The molecule has 0 aliphatic rings. The van der Waals surface area contributed by atoms with Gasteiger partial charge in [-0.3, -0.25) is 0 Å². The van der Waals surface area contributed by atoms with Gasteiger partial charge in [-0.15, -0.1) is 0 Å². The molecule has 0 unspecified atom stereocenters. The van der Waals surface area contributed by atoms with Crippen LogP contribution in [0.2, 0.25) is 0 Å². The average Bonchev–Trinajstić information content (AvgIpc) is 2.33. The van der Waals surface area contributed by atoms with E-state index in [2.05, 4.69) is 25.9 Å². The van der Waals surface area contributed by atoms with Crippen LogP contribution in [0.15, 0.2) is 0 Å². The molecule has 1 aromatic rings. The highest BCUT2D eigenvalue weighted by molar-refractivity contribution is 8.23. The lowest BCUT2D eigenvalue weighted by molar-refractivity contribution is 0.906. The Morgan fingerprint density at radius 1 is 1.46 bits per heavy atom. The quantitative estimate of drug-likeness (QED) is 0.669. The van der Waals surface area contributed by atoms with Crippen LogP contribution in [0.4, 0.5) is 0 Å². The van der Waals surface area contributed by atoms with E-state index in [0.29, 0.717) is 0 Å². The van der Waals surface area contributed by atoms with Crippen molar-refractivity contribution < 1.29 is 0 Å². The van der Waals surface area contributed by atoms with E-state index >= 15 is 0 Å². The standard InChI is InChI=1S/C9H14N2S2/c1-5-13-9(12)11-8(4)6(2)7(3)10-11/h5H2,1-4H3. The Hall–Kier alpha value is -0.350. The van der Waals surface area contributed by atoms with Crippen LogP contribution in [0.25, 0.3) is 0 Å². The molecule has 2 nitrogen and oxygen atoms in total. The van der Waals surface area contributed by atoms with Crippen LogP contribution in [0.3, 0.4) is 0 Å². The molecule has 1 heterocycles. The summed E-state index contributed by atoms with van der Waals surface area (Å²) >= 11 is 6.90. The molecule has 13 heavy (non-hydrogen) atoms. The van der Waals surface area contributed by atoms with E-state index in [9.17, 15) is 0 Å². The molecular weight excluding hydrogens is 200 g/mol. The van der Waals surface area contributed by atoms with Crippen molar-refractivity contribution in [3.63, 3.8) is 0 Å². The molecule has 0 atom stereocenters. The Morgan fingerprint density at radius 2 is 2.08 bits per heavy atom. The Balaban J connectivity index is 3.01. The molecule has 1 aromatic heterocycles. The number of thioether (sulfide) groups is 1. The van der Waals surface area contributed by atoms with Crippen LogP contribution in [-0.4, -0.2) is 19.9 Å². The Labute approximate surface area is 88.7 Å². The molecule has 4 heteroatoms. The molecule has 0 spiro atoms. The fourth-order valence-corrected chi connectivity index (χ4v) is 2.16. The number of thiocarbonyl (C=S) groups is 1. The topological polar surface area (TPSA) is 17.8 Å². The number of rotatable bonds is 1. The summed E-state index contributed by atoms with van der Waals surface area (Å²) in [5.41, 5.74) is 3.46. The largest absolute Gasteiger partial charge is 0.220 e. The minimum absolute atomic E-state index is 0.844. The van der Waals surface area contributed by atoms with Crippen molar-refractivity contribution in [1.82, 2.24) is 9.78 Å². The molecule has 0 amide bonds. The molecule has 0 aliphatic heterocycles. The Morgan fingerprint density at radius 3 is 2.46 bits per heavy atom. The van der Waals surface area contributed by atoms with Crippen molar-refractivity contribution in [3.8, 4) is 0 Å². The van der Waals surface area contributed by atoms with Gasteiger partial charge in [0.05, 0.1) is 5.69 Å². The summed E-state index contributed by atoms with van der Waals surface area (Å²) in [6.45, 7) is 8.23. The van der Waals surface area contributed by atoms with Crippen LogP contribution >= 0.6 is 24.0 Å². The van der Waals surface area contributed by atoms with Crippen LogP contribution < -0.4 is 0 Å². The van der Waals surface area contributed by atoms with Crippen LogP contribution in [0, 0.1) is 20.8 Å². The van der Waals surface area contributed by atoms with Crippen LogP contribution in [0.5, 0.6) is 0 Å². The zero-order valence-corrected chi connectivity index (χ0v) is 10.1. The lowest BCUT2D eigenvalue weighted by Crippen LogP contribution is -2.09. The van der Waals surface area contributed by atoms with Gasteiger partial charge in [0.15, 0.2) is 4.32 Å². The normalized spacial score (nSPS) is 10.5. The van der Waals surface area contributed by atoms with E-state index in [-0.39, 0.29) is 0 Å². The zero-order valence-electron chi connectivity index (χ0n) is 8.42. The highest BCUT2D eigenvalue weighted by atomic mass is 32.2. The van der Waals surface area contributed by atoms with Gasteiger partial charge in [0.25, 0.3) is 0 Å². The summed E-state index contributed by atoms with van der Waals surface area (Å²) in [7, 11) is 0. The summed E-state index contributed by atoms with van der Waals surface area (Å²) in [5.74, 6) is 0.996. The second-order valence-corrected chi connectivity index (χ2v) is 4.80.